The number of hydrogen-bond acceptors (Lipinski definition) is 12. The molecule has 0 aliphatic carbocycles. The van der Waals surface area contributed by atoms with Crippen molar-refractivity contribution in [1.29, 1.82) is 0 Å². The first-order chi connectivity index (χ1) is 26.3. The molecule has 2 atom stereocenters. The van der Waals surface area contributed by atoms with E-state index in [2.05, 4.69) is 9.80 Å². The molecule has 0 saturated carbocycles. The molecule has 0 aromatic heterocycles. The van der Waals surface area contributed by atoms with E-state index in [9.17, 15) is 9.13 Å². The lowest BCUT2D eigenvalue weighted by atomic mass is 10.1. The lowest BCUT2D eigenvalue weighted by Gasteiger charge is -2.25. The fourth-order valence-corrected chi connectivity index (χ4v) is 9.28. The molecule has 0 saturated heterocycles. The van der Waals surface area contributed by atoms with Crippen LogP contribution in [0.4, 0.5) is 0 Å². The Labute approximate surface area is 400 Å². The van der Waals surface area contributed by atoms with Gasteiger partial charge in [0.15, 0.2) is 0 Å². The Bertz CT molecular complexity index is 1170. The molecule has 0 fully saturated rings. The molecule has 0 amide bonds. The van der Waals surface area contributed by atoms with Crippen LogP contribution in [-0.2, 0) is 40.1 Å². The van der Waals surface area contributed by atoms with Crippen molar-refractivity contribution >= 4 is 89.6 Å². The Kier molecular flexibility index (Phi) is 52.9. The minimum Gasteiger partial charge on any atom is -0.330 e. The fraction of sp³-hybridized carbons (Fsp3) is 0.700. The number of benzene rings is 2. The van der Waals surface area contributed by atoms with Crippen molar-refractivity contribution in [2.24, 2.45) is 22.9 Å². The second kappa shape index (κ2) is 45.8. The van der Waals surface area contributed by atoms with Crippen molar-refractivity contribution in [2.45, 2.75) is 77.0 Å². The van der Waals surface area contributed by atoms with Crippen molar-refractivity contribution in [3.05, 3.63) is 71.8 Å². The van der Waals surface area contributed by atoms with Crippen LogP contribution in [0.25, 0.3) is 0 Å². The van der Waals surface area contributed by atoms with Gasteiger partial charge in [0.1, 0.15) is 0 Å². The molecule has 358 valence electrons. The predicted octanol–water partition coefficient (Wildman–Crippen LogP) is 8.80. The molecule has 20 heteroatoms. The molecule has 0 radical (unpaired) electrons. The molecule has 2 aromatic carbocycles. The maximum Gasteiger partial charge on any atom is 0.331 e. The first kappa shape index (κ1) is 69.3. The van der Waals surface area contributed by atoms with Crippen molar-refractivity contribution in [3.8, 4) is 0 Å². The van der Waals surface area contributed by atoms with Crippen molar-refractivity contribution < 1.29 is 27.2 Å². The maximum atomic E-state index is 13.9. The van der Waals surface area contributed by atoms with Gasteiger partial charge in [-0.25, -0.2) is 0 Å². The highest BCUT2D eigenvalue weighted by molar-refractivity contribution is 7.54. The molecular weight excluding hydrogens is 935 g/mol. The summed E-state index contributed by atoms with van der Waals surface area (Å²) in [6, 6.07) is 20.2. The Balaban J connectivity index is -0.00000168. The molecule has 60 heavy (non-hydrogen) atoms. The fourth-order valence-electron chi connectivity index (χ4n) is 6.00. The van der Waals surface area contributed by atoms with Gasteiger partial charge in [-0.2, -0.15) is 0 Å². The minimum atomic E-state index is -3.28. The van der Waals surface area contributed by atoms with E-state index >= 15 is 0 Å². The summed E-state index contributed by atoms with van der Waals surface area (Å²) in [5.41, 5.74) is 25.3. The van der Waals surface area contributed by atoms with Gasteiger partial charge in [-0.1, -0.05) is 86.3 Å². The minimum absolute atomic E-state index is 0. The Morgan fingerprint density at radius 1 is 0.383 bits per heavy atom. The van der Waals surface area contributed by atoms with Crippen LogP contribution in [0.5, 0.6) is 0 Å². The average molecular weight is 1020 g/mol. The smallest absolute Gasteiger partial charge is 0.330 e. The summed E-state index contributed by atoms with van der Waals surface area (Å²) in [5.74, 6) is 0. The number of nitrogens with two attached hydrogens (primary N) is 4. The lowest BCUT2D eigenvalue weighted by Crippen LogP contribution is -2.31. The zero-order valence-corrected chi connectivity index (χ0v) is 42.3. The van der Waals surface area contributed by atoms with Gasteiger partial charge in [-0.3, -0.25) is 9.13 Å². The maximum absolute atomic E-state index is 13.9. The predicted molar refractivity (Wildman–Crippen MR) is 268 cm³/mol. The van der Waals surface area contributed by atoms with Crippen molar-refractivity contribution in [2.75, 3.05) is 104 Å². The van der Waals surface area contributed by atoms with E-state index in [0.29, 0.717) is 90.9 Å². The van der Waals surface area contributed by atoms with Gasteiger partial charge in [0.25, 0.3) is 0 Å². The summed E-state index contributed by atoms with van der Waals surface area (Å²) in [5, 5.41) is 0. The zero-order chi connectivity index (χ0) is 39.0. The van der Waals surface area contributed by atoms with E-state index in [1.807, 2.05) is 60.7 Å². The number of unbranched alkanes of at least 4 members (excludes halogenated alkanes) is 5. The van der Waals surface area contributed by atoms with Gasteiger partial charge in [0.2, 0.25) is 0 Å². The largest absolute Gasteiger partial charge is 0.331 e. The van der Waals surface area contributed by atoms with Crippen LogP contribution in [0.3, 0.4) is 0 Å². The molecule has 2 aromatic rings. The normalized spacial score (nSPS) is 12.7. The van der Waals surface area contributed by atoms with E-state index in [1.54, 1.807) is 0 Å². The zero-order valence-electron chi connectivity index (χ0n) is 35.6. The van der Waals surface area contributed by atoms with Crippen LogP contribution in [0, 0.1) is 0 Å². The van der Waals surface area contributed by atoms with E-state index in [0.717, 1.165) is 102 Å². The first-order valence-electron chi connectivity index (χ1n) is 20.4. The Morgan fingerprint density at radius 3 is 0.967 bits per heavy atom. The first-order valence-corrected chi connectivity index (χ1v) is 23.9. The summed E-state index contributed by atoms with van der Waals surface area (Å²) < 4.78 is 51.8. The third-order valence-corrected chi connectivity index (χ3v) is 13.1. The number of rotatable bonds is 37. The number of halogens is 6. The number of hydrogen-bond donors (Lipinski definition) is 4. The lowest BCUT2D eigenvalue weighted by molar-refractivity contribution is 0.193. The molecular formula is C40H80Cl6N6O6P2. The molecule has 2 rings (SSSR count). The Morgan fingerprint density at radius 2 is 0.667 bits per heavy atom. The molecule has 0 heterocycles. The van der Waals surface area contributed by atoms with Crippen molar-refractivity contribution in [3.63, 3.8) is 0 Å². The topological polar surface area (TPSA) is 182 Å². The van der Waals surface area contributed by atoms with Crippen LogP contribution < -0.4 is 22.9 Å². The molecule has 8 N–H and O–H groups in total. The summed E-state index contributed by atoms with van der Waals surface area (Å²) in [6.45, 7) is 8.55. The standard InChI is InChI=1S/C40H74N6O6P2.6ClH/c41-23-13-27-45(28-14-24-42)31-37-53(47,51-35-21-39-17-7-5-8-18-39)49-33-11-3-1-2-4-12-34-50-54(48,52-36-22-40-19-9-6-10-20-40)38-32-46(29-15-25-43)30-16-26-44;;;;;;/h5-10,17-20H,1-4,11-16,21-38,41-44H2;6*1H. The third-order valence-electron chi connectivity index (χ3n) is 9.25. The van der Waals surface area contributed by atoms with E-state index in [-0.39, 0.29) is 74.4 Å². The second-order valence-electron chi connectivity index (χ2n) is 13.8. The van der Waals surface area contributed by atoms with Crippen LogP contribution in [0.1, 0.15) is 75.3 Å². The van der Waals surface area contributed by atoms with Gasteiger partial charge < -0.3 is 50.8 Å². The summed E-state index contributed by atoms with van der Waals surface area (Å²) in [7, 11) is -6.57. The third kappa shape index (κ3) is 35.6. The van der Waals surface area contributed by atoms with Crippen LogP contribution in [0.15, 0.2) is 60.7 Å². The molecule has 0 aliphatic heterocycles. The van der Waals surface area contributed by atoms with E-state index < -0.39 is 15.2 Å². The Hall–Kier alpha value is 0.240. The molecule has 0 spiro atoms. The van der Waals surface area contributed by atoms with Crippen LogP contribution in [-0.4, -0.2) is 114 Å². The van der Waals surface area contributed by atoms with Crippen LogP contribution >= 0.6 is 89.6 Å². The highest BCUT2D eigenvalue weighted by Crippen LogP contribution is 2.49. The highest BCUT2D eigenvalue weighted by Gasteiger charge is 2.27. The van der Waals surface area contributed by atoms with Gasteiger partial charge in [-0.15, -0.1) is 74.4 Å². The molecule has 12 nitrogen and oxygen atoms in total. The summed E-state index contributed by atoms with van der Waals surface area (Å²) >= 11 is 0. The van der Waals surface area contributed by atoms with Gasteiger partial charge in [-0.05, 0) is 115 Å². The highest BCUT2D eigenvalue weighted by atomic mass is 35.5. The van der Waals surface area contributed by atoms with E-state index in [4.69, 9.17) is 41.0 Å². The average Bonchev–Trinajstić information content (AvgIpc) is 3.19. The molecule has 0 bridgehead atoms. The van der Waals surface area contributed by atoms with E-state index in [1.165, 1.54) is 0 Å². The summed E-state index contributed by atoms with van der Waals surface area (Å²) in [4.78, 5) is 4.52. The second-order valence-corrected chi connectivity index (χ2v) is 18.2. The van der Waals surface area contributed by atoms with Gasteiger partial charge in [0.05, 0.1) is 38.8 Å². The van der Waals surface area contributed by atoms with Gasteiger partial charge in [0, 0.05) is 13.1 Å². The number of nitrogens with zero attached hydrogens (tertiary/aromatic N) is 2. The summed E-state index contributed by atoms with van der Waals surface area (Å²) in [6.07, 6.45) is 11.2. The monoisotopic (exact) mass is 1010 g/mol. The van der Waals surface area contributed by atoms with Crippen LogP contribution in [0.2, 0.25) is 0 Å². The quantitative estimate of drug-likeness (QED) is 0.0374. The van der Waals surface area contributed by atoms with Crippen molar-refractivity contribution in [1.82, 2.24) is 9.80 Å². The molecule has 0 aliphatic rings. The SMILES string of the molecule is Cl.Cl.Cl.Cl.Cl.Cl.NCCCN(CCCN)CCP(=O)(OCCCCCCCCOP(=O)(CCN(CCCN)CCCN)OCCc1ccccc1)OCCc1ccccc1. The molecule has 2 unspecified atom stereocenters. The van der Waals surface area contributed by atoms with Gasteiger partial charge >= 0.3 is 15.2 Å².